The first kappa shape index (κ1) is 23.7. The molecule has 5 atom stereocenters. The summed E-state index contributed by atoms with van der Waals surface area (Å²) in [5.41, 5.74) is 0.370. The van der Waals surface area contributed by atoms with Gasteiger partial charge in [-0.15, -0.1) is 0 Å². The molecule has 0 unspecified atom stereocenters. The Labute approximate surface area is 197 Å². The largest absolute Gasteiger partial charge is 0.459 e. The second kappa shape index (κ2) is 9.94. The Balaban J connectivity index is 1.36. The molecule has 3 aliphatic heterocycles. The van der Waals surface area contributed by atoms with Crippen molar-refractivity contribution in [2.45, 2.75) is 139 Å². The zero-order valence-corrected chi connectivity index (χ0v) is 20.1. The SMILES string of the molecule is C=C(C)C(=O)OC[C@H]1O[C@H]2OC3(CCCCCCC3)O[C@H]2[C@H]2OC3(CCCCCCC3)O[C@@H]21. The summed E-state index contributed by atoms with van der Waals surface area (Å²) in [6, 6.07) is 0. The molecule has 5 rings (SSSR count). The van der Waals surface area contributed by atoms with E-state index < -0.39 is 29.9 Å². The second-order valence-corrected chi connectivity index (χ2v) is 10.6. The van der Waals surface area contributed by atoms with Gasteiger partial charge in [-0.3, -0.25) is 0 Å². The van der Waals surface area contributed by atoms with E-state index in [4.69, 9.17) is 28.4 Å². The van der Waals surface area contributed by atoms with Crippen LogP contribution in [0.25, 0.3) is 0 Å². The Morgan fingerprint density at radius 1 is 0.758 bits per heavy atom. The fourth-order valence-corrected chi connectivity index (χ4v) is 6.16. The van der Waals surface area contributed by atoms with Gasteiger partial charge in [0.2, 0.25) is 0 Å². The van der Waals surface area contributed by atoms with Crippen molar-refractivity contribution in [3.63, 3.8) is 0 Å². The van der Waals surface area contributed by atoms with Crippen molar-refractivity contribution in [3.8, 4) is 0 Å². The molecule has 5 aliphatic rings. The van der Waals surface area contributed by atoms with E-state index in [0.717, 1.165) is 51.4 Å². The standard InChI is InChI=1S/C26H40O7/c1-18(2)23(27)28-17-19-20-21(31-25(30-20)13-9-5-3-6-10-14-25)22-24(29-19)33-26(32-22)15-11-7-4-8-12-16-26/h19-22,24H,1,3-17H2,2H3/t19-,20-,21+,22+,24+/m1/s1. The number of ether oxygens (including phenoxy) is 6. The van der Waals surface area contributed by atoms with E-state index in [0.29, 0.717) is 5.57 Å². The second-order valence-electron chi connectivity index (χ2n) is 10.6. The van der Waals surface area contributed by atoms with E-state index in [9.17, 15) is 4.79 Å². The predicted octanol–water partition coefficient (Wildman–Crippen LogP) is 4.91. The van der Waals surface area contributed by atoms with Gasteiger partial charge in [0.15, 0.2) is 17.9 Å². The van der Waals surface area contributed by atoms with Crippen molar-refractivity contribution < 1.29 is 33.2 Å². The average Bonchev–Trinajstić information content (AvgIpc) is 3.32. The maximum absolute atomic E-state index is 12.1. The summed E-state index contributed by atoms with van der Waals surface area (Å²) >= 11 is 0. The molecule has 0 radical (unpaired) electrons. The van der Waals surface area contributed by atoms with Crippen LogP contribution in [-0.4, -0.2) is 54.9 Å². The average molecular weight is 465 g/mol. The highest BCUT2D eigenvalue weighted by atomic mass is 16.9. The molecular weight excluding hydrogens is 424 g/mol. The number of hydrogen-bond donors (Lipinski definition) is 0. The van der Waals surface area contributed by atoms with E-state index in [1.54, 1.807) is 6.92 Å². The first-order valence-corrected chi connectivity index (χ1v) is 13.2. The number of carbonyl (C=O) groups is 1. The molecule has 3 heterocycles. The molecule has 7 heteroatoms. The van der Waals surface area contributed by atoms with Crippen molar-refractivity contribution in [1.29, 1.82) is 0 Å². The molecule has 0 aromatic carbocycles. The third-order valence-corrected chi connectivity index (χ3v) is 7.93. The number of carbonyl (C=O) groups excluding carboxylic acids is 1. The minimum absolute atomic E-state index is 0.0892. The monoisotopic (exact) mass is 464 g/mol. The lowest BCUT2D eigenvalue weighted by Gasteiger charge is -2.36. The van der Waals surface area contributed by atoms with E-state index in [-0.39, 0.29) is 24.9 Å². The highest BCUT2D eigenvalue weighted by Crippen LogP contribution is 2.50. The zero-order valence-electron chi connectivity index (χ0n) is 20.1. The maximum Gasteiger partial charge on any atom is 0.333 e. The molecule has 0 aromatic rings. The summed E-state index contributed by atoms with van der Waals surface area (Å²) in [6.07, 6.45) is 13.3. The lowest BCUT2D eigenvalue weighted by atomic mass is 9.95. The molecule has 5 fully saturated rings. The van der Waals surface area contributed by atoms with E-state index in [2.05, 4.69) is 6.58 Å². The quantitative estimate of drug-likeness (QED) is 0.434. The molecule has 186 valence electrons. The normalized spacial score (nSPS) is 37.9. The van der Waals surface area contributed by atoms with Crippen LogP contribution in [0, 0.1) is 0 Å². The fraction of sp³-hybridized carbons (Fsp3) is 0.885. The van der Waals surface area contributed by atoms with Crippen LogP contribution < -0.4 is 0 Å². The van der Waals surface area contributed by atoms with Crippen LogP contribution in [0.2, 0.25) is 0 Å². The van der Waals surface area contributed by atoms with Crippen molar-refractivity contribution in [3.05, 3.63) is 12.2 Å². The highest BCUT2D eigenvalue weighted by molar-refractivity contribution is 5.86. The molecule has 2 aliphatic carbocycles. The summed E-state index contributed by atoms with van der Waals surface area (Å²) in [5.74, 6) is -1.63. The van der Waals surface area contributed by atoms with Crippen LogP contribution in [0.4, 0.5) is 0 Å². The Morgan fingerprint density at radius 3 is 1.82 bits per heavy atom. The molecule has 33 heavy (non-hydrogen) atoms. The minimum Gasteiger partial charge on any atom is -0.459 e. The predicted molar refractivity (Wildman–Crippen MR) is 120 cm³/mol. The lowest BCUT2D eigenvalue weighted by Crippen LogP contribution is -2.56. The van der Waals surface area contributed by atoms with Gasteiger partial charge in [-0.25, -0.2) is 4.79 Å². The Kier molecular flexibility index (Phi) is 7.15. The summed E-state index contributed by atoms with van der Waals surface area (Å²) < 4.78 is 38.5. The van der Waals surface area contributed by atoms with Gasteiger partial charge in [-0.2, -0.15) is 0 Å². The molecule has 2 spiro atoms. The number of rotatable bonds is 3. The van der Waals surface area contributed by atoms with Gasteiger partial charge in [0.05, 0.1) is 0 Å². The van der Waals surface area contributed by atoms with Gasteiger partial charge in [0.1, 0.15) is 31.0 Å². The third-order valence-electron chi connectivity index (χ3n) is 7.93. The van der Waals surface area contributed by atoms with Gasteiger partial charge in [0, 0.05) is 31.3 Å². The van der Waals surface area contributed by atoms with E-state index >= 15 is 0 Å². The first-order chi connectivity index (χ1) is 16.0. The van der Waals surface area contributed by atoms with Gasteiger partial charge >= 0.3 is 5.97 Å². The number of fused-ring (bicyclic) bond motifs is 3. The molecule has 0 amide bonds. The molecule has 0 bridgehead atoms. The first-order valence-electron chi connectivity index (χ1n) is 13.2. The van der Waals surface area contributed by atoms with Gasteiger partial charge < -0.3 is 28.4 Å². The van der Waals surface area contributed by atoms with Crippen LogP contribution in [0.1, 0.15) is 96.8 Å². The Hall–Kier alpha value is -0.990. The lowest BCUT2D eigenvalue weighted by molar-refractivity contribution is -0.253. The molecule has 3 saturated heterocycles. The minimum atomic E-state index is -0.608. The van der Waals surface area contributed by atoms with Gasteiger partial charge in [-0.05, 0) is 32.6 Å². The van der Waals surface area contributed by atoms with Crippen molar-refractivity contribution in [2.24, 2.45) is 0 Å². The third kappa shape index (κ3) is 5.03. The van der Waals surface area contributed by atoms with Crippen molar-refractivity contribution >= 4 is 5.97 Å². The zero-order chi connectivity index (χ0) is 22.9. The van der Waals surface area contributed by atoms with Crippen LogP contribution in [0.5, 0.6) is 0 Å². The van der Waals surface area contributed by atoms with Crippen molar-refractivity contribution in [1.82, 2.24) is 0 Å². The van der Waals surface area contributed by atoms with Crippen LogP contribution in [0.3, 0.4) is 0 Å². The van der Waals surface area contributed by atoms with Gasteiger partial charge in [0.25, 0.3) is 0 Å². The highest BCUT2D eigenvalue weighted by Gasteiger charge is 2.63. The van der Waals surface area contributed by atoms with Crippen LogP contribution in [-0.2, 0) is 33.2 Å². The van der Waals surface area contributed by atoms with Crippen molar-refractivity contribution in [2.75, 3.05) is 6.61 Å². The fourth-order valence-electron chi connectivity index (χ4n) is 6.16. The molecule has 2 saturated carbocycles. The molecular formula is C26H40O7. The molecule has 0 aromatic heterocycles. The maximum atomic E-state index is 12.1. The summed E-state index contributed by atoms with van der Waals surface area (Å²) in [4.78, 5) is 12.1. The number of esters is 1. The smallest absolute Gasteiger partial charge is 0.333 e. The van der Waals surface area contributed by atoms with Crippen LogP contribution >= 0.6 is 0 Å². The Bertz CT molecular complexity index is 705. The van der Waals surface area contributed by atoms with E-state index in [1.165, 1.54) is 38.5 Å². The van der Waals surface area contributed by atoms with Gasteiger partial charge in [-0.1, -0.05) is 45.1 Å². The Morgan fingerprint density at radius 2 is 1.24 bits per heavy atom. The van der Waals surface area contributed by atoms with E-state index in [1.807, 2.05) is 0 Å². The molecule has 0 N–H and O–H groups in total. The topological polar surface area (TPSA) is 72.5 Å². The van der Waals surface area contributed by atoms with Crippen LogP contribution in [0.15, 0.2) is 12.2 Å². The summed E-state index contributed by atoms with van der Waals surface area (Å²) in [6.45, 7) is 5.42. The number of hydrogen-bond acceptors (Lipinski definition) is 7. The summed E-state index contributed by atoms with van der Waals surface area (Å²) in [5, 5.41) is 0. The molecule has 7 nitrogen and oxygen atoms in total. The summed E-state index contributed by atoms with van der Waals surface area (Å²) in [7, 11) is 0.